The van der Waals surface area contributed by atoms with Crippen LogP contribution in [0.1, 0.15) is 52.0 Å². The molecule has 0 aromatic carbocycles. The van der Waals surface area contributed by atoms with Gasteiger partial charge in [-0.3, -0.25) is 18.7 Å². The highest BCUT2D eigenvalue weighted by molar-refractivity contribution is 6.10. The molecule has 6 saturated heterocycles. The first-order valence-corrected chi connectivity index (χ1v) is 21.7. The standard InChI is InChI=1S/2C20H26N6O8/c2*1-4-32-10-6-19(25(2)17(29)20(10,34-19)18(30)31-3)5-9-12(27)13(28)16(33-9)26-8-24-11-14(21)22-7-23-15(11)26/h2*7-10,12-13,16,27-28H,4-6H2,1-3H3,(H2,21,22,23)/t2*9-,10?,12-,13-,16-,19?,20?/m11/s1. The molecule has 4 aromatic rings. The van der Waals surface area contributed by atoms with Gasteiger partial charge in [-0.25, -0.2) is 39.5 Å². The number of imidazole rings is 2. The zero-order valence-electron chi connectivity index (χ0n) is 37.6. The highest BCUT2D eigenvalue weighted by Gasteiger charge is 2.77. The SMILES string of the molecule is CCOC1CC2(C[C@H]3O[C@@H](n4cnc5c(N)ncnc54)[C@H](O)[C@@H]3O)OC1(C(=O)OC)C(=O)N2C.CCOC1CC2(C[C@H]3O[C@@H](n4cnc5c(N)ncnc54)[C@H](O)[C@@H]3O)OC1(C(=O)OC)C(=O)N2C. The quantitative estimate of drug-likeness (QED) is 0.0597. The maximum atomic E-state index is 13.2. The molecule has 6 aliphatic rings. The summed E-state index contributed by atoms with van der Waals surface area (Å²) in [5, 5.41) is 43.2. The van der Waals surface area contributed by atoms with Crippen LogP contribution in [0.15, 0.2) is 25.3 Å². The Morgan fingerprint density at radius 1 is 0.662 bits per heavy atom. The van der Waals surface area contributed by atoms with Gasteiger partial charge in [0.05, 0.1) is 39.1 Å². The monoisotopic (exact) mass is 956 g/mol. The first kappa shape index (κ1) is 47.3. The third kappa shape index (κ3) is 6.64. The first-order valence-electron chi connectivity index (χ1n) is 21.7. The molecule has 28 heteroatoms. The summed E-state index contributed by atoms with van der Waals surface area (Å²) in [7, 11) is 5.36. The van der Waals surface area contributed by atoms with Gasteiger partial charge in [0, 0.05) is 53.0 Å². The highest BCUT2D eigenvalue weighted by Crippen LogP contribution is 2.55. The van der Waals surface area contributed by atoms with Gasteiger partial charge in [0.15, 0.2) is 46.8 Å². The van der Waals surface area contributed by atoms with Crippen molar-refractivity contribution < 1.29 is 77.5 Å². The van der Waals surface area contributed by atoms with Crippen LogP contribution in [0.2, 0.25) is 0 Å². The largest absolute Gasteiger partial charge is 0.466 e. The van der Waals surface area contributed by atoms with E-state index >= 15 is 0 Å². The molecular weight excluding hydrogens is 905 g/mol. The van der Waals surface area contributed by atoms with Gasteiger partial charge < -0.3 is 79.6 Å². The van der Waals surface area contributed by atoms with E-state index in [-0.39, 0.29) is 50.5 Å². The second-order valence-electron chi connectivity index (χ2n) is 17.2. The lowest BCUT2D eigenvalue weighted by Crippen LogP contribution is -2.60. The Bertz CT molecular complexity index is 2460. The number of piperidine rings is 2. The number of ether oxygens (including phenoxy) is 8. The van der Waals surface area contributed by atoms with Crippen molar-refractivity contribution in [2.75, 3.05) is 53.0 Å². The molecule has 6 fully saturated rings. The fourth-order valence-corrected chi connectivity index (χ4v) is 10.4. The van der Waals surface area contributed by atoms with Crippen molar-refractivity contribution in [1.82, 2.24) is 48.8 Å². The Kier molecular flexibility index (Phi) is 11.8. The molecule has 10 rings (SSSR count). The van der Waals surface area contributed by atoms with E-state index in [4.69, 9.17) is 49.4 Å². The van der Waals surface area contributed by atoms with Crippen LogP contribution in [0, 0.1) is 0 Å². The van der Waals surface area contributed by atoms with E-state index in [9.17, 15) is 39.6 Å². The number of methoxy groups -OCH3 is 2. The van der Waals surface area contributed by atoms with Crippen molar-refractivity contribution in [3.05, 3.63) is 25.3 Å². The molecule has 6 unspecified atom stereocenters. The normalized spacial score (nSPS) is 37.1. The topological polar surface area (TPSA) is 369 Å². The van der Waals surface area contributed by atoms with Crippen LogP contribution in [-0.2, 0) is 57.1 Å². The summed E-state index contributed by atoms with van der Waals surface area (Å²) in [6.07, 6.45) is -5.52. The number of likely N-dealkylation sites (N-methyl/N-ethyl adjacent to an activating group) is 2. The lowest BCUT2D eigenvalue weighted by molar-refractivity contribution is -0.181. The van der Waals surface area contributed by atoms with Gasteiger partial charge in [0.2, 0.25) is 0 Å². The fourth-order valence-electron chi connectivity index (χ4n) is 10.4. The molecule has 368 valence electrons. The number of aliphatic hydroxyl groups excluding tert-OH is 4. The predicted molar refractivity (Wildman–Crippen MR) is 223 cm³/mol. The number of fused-ring (bicyclic) bond motifs is 6. The molecule has 6 aliphatic heterocycles. The number of aliphatic hydroxyl groups is 4. The van der Waals surface area contributed by atoms with Crippen LogP contribution < -0.4 is 11.5 Å². The Morgan fingerprint density at radius 2 is 1.04 bits per heavy atom. The highest BCUT2D eigenvalue weighted by atomic mass is 16.7. The van der Waals surface area contributed by atoms with Gasteiger partial charge in [-0.1, -0.05) is 0 Å². The Morgan fingerprint density at radius 3 is 1.40 bits per heavy atom. The zero-order chi connectivity index (χ0) is 48.8. The number of esters is 2. The van der Waals surface area contributed by atoms with Crippen molar-refractivity contribution in [2.24, 2.45) is 0 Å². The average molecular weight is 957 g/mol. The molecule has 4 bridgehead atoms. The minimum atomic E-state index is -1.93. The number of carbonyl (C=O) groups is 4. The molecule has 28 nitrogen and oxygen atoms in total. The molecule has 10 heterocycles. The summed E-state index contributed by atoms with van der Waals surface area (Å²) in [5.41, 5.74) is 6.50. The van der Waals surface area contributed by atoms with Crippen LogP contribution in [0.25, 0.3) is 22.3 Å². The van der Waals surface area contributed by atoms with Gasteiger partial charge in [-0.15, -0.1) is 0 Å². The Labute approximate surface area is 385 Å². The number of nitrogens with two attached hydrogens (primary N) is 2. The summed E-state index contributed by atoms with van der Waals surface area (Å²) < 4.78 is 48.3. The van der Waals surface area contributed by atoms with E-state index in [1.807, 2.05) is 0 Å². The van der Waals surface area contributed by atoms with Crippen molar-refractivity contribution in [1.29, 1.82) is 0 Å². The maximum Gasteiger partial charge on any atom is 0.351 e. The molecule has 14 atom stereocenters. The molecule has 8 N–H and O–H groups in total. The van der Waals surface area contributed by atoms with Crippen molar-refractivity contribution in [3.8, 4) is 0 Å². The van der Waals surface area contributed by atoms with E-state index in [1.165, 1.54) is 72.6 Å². The Hall–Kier alpha value is -5.82. The molecule has 2 amide bonds. The molecule has 0 radical (unpaired) electrons. The van der Waals surface area contributed by atoms with Gasteiger partial charge in [-0.05, 0) is 13.8 Å². The van der Waals surface area contributed by atoms with Crippen molar-refractivity contribution in [2.45, 2.75) is 123 Å². The van der Waals surface area contributed by atoms with Crippen molar-refractivity contribution >= 4 is 57.7 Å². The van der Waals surface area contributed by atoms with Gasteiger partial charge in [0.25, 0.3) is 23.0 Å². The van der Waals surface area contributed by atoms with E-state index in [0.29, 0.717) is 22.3 Å². The van der Waals surface area contributed by atoms with E-state index in [0.717, 1.165) is 0 Å². The molecule has 0 spiro atoms. The lowest BCUT2D eigenvalue weighted by Gasteiger charge is -2.37. The molecule has 0 saturated carbocycles. The van der Waals surface area contributed by atoms with Crippen LogP contribution in [0.4, 0.5) is 11.6 Å². The van der Waals surface area contributed by atoms with E-state index in [2.05, 4.69) is 29.9 Å². The number of likely N-dealkylation sites (tertiary alicyclic amines) is 2. The summed E-state index contributed by atoms with van der Waals surface area (Å²) in [6, 6.07) is 0. The number of nitrogen functional groups attached to an aromatic ring is 2. The first-order chi connectivity index (χ1) is 32.4. The predicted octanol–water partition coefficient (Wildman–Crippen LogP) is -3.35. The third-order valence-electron chi connectivity index (χ3n) is 13.8. The molecule has 68 heavy (non-hydrogen) atoms. The van der Waals surface area contributed by atoms with Crippen LogP contribution in [-0.4, -0.2) is 206 Å². The van der Waals surface area contributed by atoms with E-state index < -0.39 is 108 Å². The summed E-state index contributed by atoms with van der Waals surface area (Å²) in [5.74, 6) is -2.56. The smallest absolute Gasteiger partial charge is 0.351 e. The average Bonchev–Trinajstić information content (AvgIpc) is 4.22. The number of anilines is 2. The van der Waals surface area contributed by atoms with Crippen LogP contribution in [0.3, 0.4) is 0 Å². The molecule has 4 aromatic heterocycles. The number of rotatable bonds is 12. The second-order valence-corrected chi connectivity index (χ2v) is 17.2. The number of hydrogen-bond acceptors (Lipinski definition) is 24. The molecule has 0 aliphatic carbocycles. The summed E-state index contributed by atoms with van der Waals surface area (Å²) >= 11 is 0. The lowest BCUT2D eigenvalue weighted by atomic mass is 9.86. The number of amides is 2. The van der Waals surface area contributed by atoms with Crippen molar-refractivity contribution in [3.63, 3.8) is 0 Å². The van der Waals surface area contributed by atoms with Gasteiger partial charge >= 0.3 is 11.9 Å². The van der Waals surface area contributed by atoms with Crippen LogP contribution >= 0.6 is 0 Å². The van der Waals surface area contributed by atoms with Crippen LogP contribution in [0.5, 0.6) is 0 Å². The van der Waals surface area contributed by atoms with Gasteiger partial charge in [-0.2, -0.15) is 0 Å². The fraction of sp³-hybridized carbons (Fsp3) is 0.650. The number of carbonyl (C=O) groups excluding carboxylic acids is 4. The minimum absolute atomic E-state index is 0.0317. The second kappa shape index (κ2) is 17.0. The van der Waals surface area contributed by atoms with Gasteiger partial charge in [0.1, 0.15) is 60.3 Å². The number of nitrogens with zero attached hydrogens (tertiary/aromatic N) is 10. The minimum Gasteiger partial charge on any atom is -0.466 e. The Balaban J connectivity index is 0.000000170. The third-order valence-corrected chi connectivity index (χ3v) is 13.8. The summed E-state index contributed by atoms with van der Waals surface area (Å²) in [6.45, 7) is 3.99. The number of hydrogen-bond donors (Lipinski definition) is 6. The summed E-state index contributed by atoms with van der Waals surface area (Å²) in [4.78, 5) is 78.7. The maximum absolute atomic E-state index is 13.2. The van der Waals surface area contributed by atoms with E-state index in [1.54, 1.807) is 13.8 Å². The zero-order valence-corrected chi connectivity index (χ0v) is 37.6. The number of aromatic nitrogens is 8. The molecular formula is C40H52N12O16.